The Labute approximate surface area is 124 Å². The van der Waals surface area contributed by atoms with Crippen molar-refractivity contribution in [3.63, 3.8) is 0 Å². The van der Waals surface area contributed by atoms with E-state index in [1.807, 2.05) is 13.0 Å². The van der Waals surface area contributed by atoms with Crippen LogP contribution in [0.3, 0.4) is 0 Å². The van der Waals surface area contributed by atoms with Crippen LogP contribution in [-0.2, 0) is 6.42 Å². The summed E-state index contributed by atoms with van der Waals surface area (Å²) in [7, 11) is 0. The van der Waals surface area contributed by atoms with Crippen LogP contribution in [0.5, 0.6) is 6.01 Å². The van der Waals surface area contributed by atoms with Crippen LogP contribution in [0.1, 0.15) is 25.8 Å². The molecule has 0 radical (unpaired) electrons. The van der Waals surface area contributed by atoms with Crippen LogP contribution in [0.15, 0.2) is 30.3 Å². The lowest BCUT2D eigenvalue weighted by molar-refractivity contribution is 0.312. The molecular weight excluding hydrogens is 266 g/mol. The highest BCUT2D eigenvalue weighted by molar-refractivity contribution is 5.33. The van der Waals surface area contributed by atoms with Gasteiger partial charge in [-0.3, -0.25) is 0 Å². The van der Waals surface area contributed by atoms with Crippen LogP contribution < -0.4 is 15.8 Å². The standard InChI is InChI=1S/C15H21N5O/c1-3-21-15-19-13(16)18-14(20-15)17-11(2)9-10-12-7-5-4-6-8-12/h4-8,11H,3,9-10H2,1-2H3,(H3,16,17,18,19,20). The van der Waals surface area contributed by atoms with Crippen molar-refractivity contribution >= 4 is 11.9 Å². The Kier molecular flexibility index (Phi) is 5.31. The molecular formula is C15H21N5O. The third-order valence-corrected chi connectivity index (χ3v) is 2.99. The molecule has 6 heteroatoms. The lowest BCUT2D eigenvalue weighted by atomic mass is 10.1. The number of aryl methyl sites for hydroxylation is 1. The molecule has 1 heterocycles. The molecule has 1 aromatic carbocycles. The molecule has 0 fully saturated rings. The monoisotopic (exact) mass is 287 g/mol. The number of nitrogens with one attached hydrogen (secondary N) is 1. The predicted octanol–water partition coefficient (Wildman–Crippen LogP) is 2.29. The molecule has 3 N–H and O–H groups in total. The molecule has 112 valence electrons. The Bertz CT molecular complexity index is 561. The molecule has 0 saturated carbocycles. The second-order valence-electron chi connectivity index (χ2n) is 4.80. The normalized spacial score (nSPS) is 11.9. The number of benzene rings is 1. The van der Waals surface area contributed by atoms with E-state index in [1.165, 1.54) is 5.56 Å². The third kappa shape index (κ3) is 4.91. The molecule has 2 aromatic rings. The topological polar surface area (TPSA) is 86.0 Å². The summed E-state index contributed by atoms with van der Waals surface area (Å²) in [4.78, 5) is 12.2. The quantitative estimate of drug-likeness (QED) is 0.812. The number of anilines is 2. The van der Waals surface area contributed by atoms with Gasteiger partial charge in [-0.15, -0.1) is 0 Å². The Hall–Kier alpha value is -2.37. The fourth-order valence-corrected chi connectivity index (χ4v) is 1.95. The lowest BCUT2D eigenvalue weighted by Crippen LogP contribution is -2.19. The summed E-state index contributed by atoms with van der Waals surface area (Å²) in [6, 6.07) is 10.8. The van der Waals surface area contributed by atoms with E-state index in [9.17, 15) is 0 Å². The molecule has 0 amide bonds. The van der Waals surface area contributed by atoms with Gasteiger partial charge in [0.1, 0.15) is 0 Å². The van der Waals surface area contributed by atoms with E-state index in [4.69, 9.17) is 10.5 Å². The molecule has 0 aliphatic rings. The average molecular weight is 287 g/mol. The molecule has 1 aromatic heterocycles. The average Bonchev–Trinajstić information content (AvgIpc) is 2.46. The van der Waals surface area contributed by atoms with Gasteiger partial charge in [-0.2, -0.15) is 15.0 Å². The van der Waals surface area contributed by atoms with Gasteiger partial charge in [-0.25, -0.2) is 0 Å². The molecule has 1 unspecified atom stereocenters. The van der Waals surface area contributed by atoms with Gasteiger partial charge in [-0.1, -0.05) is 30.3 Å². The van der Waals surface area contributed by atoms with Crippen molar-refractivity contribution in [3.8, 4) is 6.01 Å². The Morgan fingerprint density at radius 1 is 1.19 bits per heavy atom. The van der Waals surface area contributed by atoms with Crippen molar-refractivity contribution in [3.05, 3.63) is 35.9 Å². The van der Waals surface area contributed by atoms with Crippen LogP contribution >= 0.6 is 0 Å². The fraction of sp³-hybridized carbons (Fsp3) is 0.400. The number of nitrogen functional groups attached to an aromatic ring is 1. The molecule has 0 aliphatic carbocycles. The smallest absolute Gasteiger partial charge is 0.323 e. The second-order valence-corrected chi connectivity index (χ2v) is 4.80. The first-order chi connectivity index (χ1) is 10.2. The van der Waals surface area contributed by atoms with E-state index in [1.54, 1.807) is 0 Å². The van der Waals surface area contributed by atoms with Crippen LogP contribution in [0, 0.1) is 0 Å². The largest absolute Gasteiger partial charge is 0.464 e. The second kappa shape index (κ2) is 7.42. The molecule has 1 atom stereocenters. The first-order valence-corrected chi connectivity index (χ1v) is 7.12. The molecule has 0 aliphatic heterocycles. The Morgan fingerprint density at radius 3 is 2.67 bits per heavy atom. The maximum absolute atomic E-state index is 5.65. The minimum atomic E-state index is 0.159. The van der Waals surface area contributed by atoms with Crippen LogP contribution in [0.2, 0.25) is 0 Å². The van der Waals surface area contributed by atoms with Crippen molar-refractivity contribution in [2.24, 2.45) is 0 Å². The Morgan fingerprint density at radius 2 is 1.95 bits per heavy atom. The van der Waals surface area contributed by atoms with E-state index in [2.05, 4.69) is 51.5 Å². The molecule has 6 nitrogen and oxygen atoms in total. The van der Waals surface area contributed by atoms with Gasteiger partial charge in [-0.05, 0) is 32.3 Å². The van der Waals surface area contributed by atoms with E-state index in [0.717, 1.165) is 12.8 Å². The zero-order valence-corrected chi connectivity index (χ0v) is 12.4. The maximum atomic E-state index is 5.65. The Balaban J connectivity index is 1.91. The van der Waals surface area contributed by atoms with Crippen LogP contribution in [-0.4, -0.2) is 27.6 Å². The van der Waals surface area contributed by atoms with E-state index in [0.29, 0.717) is 12.6 Å². The zero-order chi connectivity index (χ0) is 15.1. The van der Waals surface area contributed by atoms with Gasteiger partial charge in [0, 0.05) is 6.04 Å². The predicted molar refractivity (Wildman–Crippen MR) is 83.3 cm³/mol. The summed E-state index contributed by atoms with van der Waals surface area (Å²) >= 11 is 0. The first kappa shape index (κ1) is 15.0. The first-order valence-electron chi connectivity index (χ1n) is 7.12. The number of aromatic nitrogens is 3. The summed E-state index contributed by atoms with van der Waals surface area (Å²) in [5, 5.41) is 3.23. The highest BCUT2D eigenvalue weighted by atomic mass is 16.5. The molecule has 0 bridgehead atoms. The number of nitrogens with zero attached hydrogens (tertiary/aromatic N) is 3. The summed E-state index contributed by atoms with van der Waals surface area (Å²) in [6.07, 6.45) is 1.97. The summed E-state index contributed by atoms with van der Waals surface area (Å²) in [5.41, 5.74) is 6.96. The fourth-order valence-electron chi connectivity index (χ4n) is 1.95. The molecule has 0 saturated heterocycles. The summed E-state index contributed by atoms with van der Waals surface area (Å²) in [6.45, 7) is 4.45. The number of ether oxygens (including phenoxy) is 1. The van der Waals surface area contributed by atoms with Gasteiger partial charge < -0.3 is 15.8 Å². The van der Waals surface area contributed by atoms with Gasteiger partial charge in [0.25, 0.3) is 0 Å². The van der Waals surface area contributed by atoms with Gasteiger partial charge >= 0.3 is 6.01 Å². The lowest BCUT2D eigenvalue weighted by Gasteiger charge is -2.14. The van der Waals surface area contributed by atoms with E-state index in [-0.39, 0.29) is 18.0 Å². The summed E-state index contributed by atoms with van der Waals surface area (Å²) < 4.78 is 5.26. The maximum Gasteiger partial charge on any atom is 0.323 e. The number of hydrogen-bond acceptors (Lipinski definition) is 6. The van der Waals surface area contributed by atoms with Crippen molar-refractivity contribution in [2.45, 2.75) is 32.7 Å². The highest BCUT2D eigenvalue weighted by Gasteiger charge is 2.08. The van der Waals surface area contributed by atoms with Crippen molar-refractivity contribution < 1.29 is 4.74 Å². The molecule has 21 heavy (non-hydrogen) atoms. The van der Waals surface area contributed by atoms with E-state index < -0.39 is 0 Å². The minimum Gasteiger partial charge on any atom is -0.464 e. The van der Waals surface area contributed by atoms with Gasteiger partial charge in [0.2, 0.25) is 11.9 Å². The van der Waals surface area contributed by atoms with Gasteiger partial charge in [0.15, 0.2) is 0 Å². The molecule has 0 spiro atoms. The minimum absolute atomic E-state index is 0.159. The van der Waals surface area contributed by atoms with Crippen molar-refractivity contribution in [1.29, 1.82) is 0 Å². The van der Waals surface area contributed by atoms with Crippen molar-refractivity contribution in [2.75, 3.05) is 17.7 Å². The highest BCUT2D eigenvalue weighted by Crippen LogP contribution is 2.12. The summed E-state index contributed by atoms with van der Waals surface area (Å²) in [5.74, 6) is 0.609. The molecule has 2 rings (SSSR count). The van der Waals surface area contributed by atoms with E-state index >= 15 is 0 Å². The van der Waals surface area contributed by atoms with Crippen molar-refractivity contribution in [1.82, 2.24) is 15.0 Å². The van der Waals surface area contributed by atoms with Gasteiger partial charge in [0.05, 0.1) is 6.61 Å². The van der Waals surface area contributed by atoms with Crippen LogP contribution in [0.4, 0.5) is 11.9 Å². The van der Waals surface area contributed by atoms with Crippen LogP contribution in [0.25, 0.3) is 0 Å². The number of hydrogen-bond donors (Lipinski definition) is 2. The third-order valence-electron chi connectivity index (χ3n) is 2.99. The number of nitrogens with two attached hydrogens (primary N) is 1. The SMILES string of the molecule is CCOc1nc(N)nc(NC(C)CCc2ccccc2)n1. The zero-order valence-electron chi connectivity index (χ0n) is 12.4. The number of rotatable bonds is 7.